The van der Waals surface area contributed by atoms with Crippen molar-refractivity contribution in [3.8, 4) is 12.1 Å². The van der Waals surface area contributed by atoms with E-state index in [0.717, 1.165) is 12.8 Å². The van der Waals surface area contributed by atoms with Crippen molar-refractivity contribution in [3.05, 3.63) is 0 Å². The van der Waals surface area contributed by atoms with Crippen molar-refractivity contribution in [2.45, 2.75) is 45.3 Å². The summed E-state index contributed by atoms with van der Waals surface area (Å²) in [6, 6.07) is 4.10. The normalized spacial score (nSPS) is 34.1. The predicted molar refractivity (Wildman–Crippen MR) is 92.1 cm³/mol. The molecule has 25 heavy (non-hydrogen) atoms. The maximum absolute atomic E-state index is 13.1. The molecule has 1 aliphatic heterocycles. The summed E-state index contributed by atoms with van der Waals surface area (Å²) in [5.41, 5.74) is -4.78. The van der Waals surface area contributed by atoms with Gasteiger partial charge in [-0.2, -0.15) is 10.5 Å². The van der Waals surface area contributed by atoms with Gasteiger partial charge in [-0.05, 0) is 23.7 Å². The van der Waals surface area contributed by atoms with E-state index < -0.39 is 38.3 Å². The number of hydrogen-bond acceptors (Lipinski definition) is 7. The molecule has 7 heteroatoms. The molecule has 1 saturated heterocycles. The second kappa shape index (κ2) is 5.64. The van der Waals surface area contributed by atoms with Gasteiger partial charge in [-0.1, -0.05) is 27.7 Å². The summed E-state index contributed by atoms with van der Waals surface area (Å²) in [6.07, 6.45) is 1.55. The van der Waals surface area contributed by atoms with E-state index in [1.807, 2.05) is 33.8 Å². The van der Waals surface area contributed by atoms with Crippen molar-refractivity contribution in [2.75, 3.05) is 20.0 Å². The molecule has 0 radical (unpaired) electrons. The number of ether oxygens (including phenoxy) is 2. The van der Waals surface area contributed by atoms with Gasteiger partial charge in [-0.25, -0.2) is 0 Å². The van der Waals surface area contributed by atoms with E-state index in [9.17, 15) is 20.1 Å². The third-order valence-electron chi connectivity index (χ3n) is 6.34. The molecule has 1 heterocycles. The Bertz CT molecular complexity index is 687. The third-order valence-corrected chi connectivity index (χ3v) is 8.76. The highest BCUT2D eigenvalue weighted by Gasteiger charge is 2.85. The van der Waals surface area contributed by atoms with Gasteiger partial charge in [-0.3, -0.25) is 9.59 Å². The molecule has 0 bridgehead atoms. The number of esters is 2. The molecule has 1 saturated carbocycles. The lowest BCUT2D eigenvalue weighted by atomic mass is 9.49. The smallest absolute Gasteiger partial charge is 0.330 e. The Balaban J connectivity index is 2.99. The largest absolute Gasteiger partial charge is 0.468 e. The molecule has 0 aromatic carbocycles. The molecule has 0 amide bonds. The maximum atomic E-state index is 13.1. The van der Waals surface area contributed by atoms with Crippen LogP contribution in [0.4, 0.5) is 0 Å². The molecule has 1 aliphatic carbocycles. The molecule has 1 spiro atoms. The van der Waals surface area contributed by atoms with Crippen molar-refractivity contribution in [1.82, 2.24) is 0 Å². The van der Waals surface area contributed by atoms with E-state index in [-0.39, 0.29) is 5.75 Å². The molecule has 2 atom stereocenters. The predicted octanol–water partition coefficient (Wildman–Crippen LogP) is 2.68. The number of rotatable bonds is 2. The summed E-state index contributed by atoms with van der Waals surface area (Å²) in [4.78, 5) is 25.8. The summed E-state index contributed by atoms with van der Waals surface area (Å²) >= 11 is 1.37. The van der Waals surface area contributed by atoms with Crippen LogP contribution in [-0.2, 0) is 19.1 Å². The summed E-state index contributed by atoms with van der Waals surface area (Å²) in [5, 5.41) is 20.3. The van der Waals surface area contributed by atoms with Crippen LogP contribution >= 0.6 is 11.8 Å². The number of thioether (sulfide) groups is 1. The monoisotopic (exact) mass is 364 g/mol. The Kier molecular flexibility index (Phi) is 4.42. The number of methoxy groups -OCH3 is 2. The fourth-order valence-electron chi connectivity index (χ4n) is 5.27. The SMILES string of the molecule is COC(=O)[C@@]1(C#N)C2(SC[C@]1(C#N)C(=O)OC)C(C)(C)CCC2(C)C. The van der Waals surface area contributed by atoms with Crippen LogP contribution in [0.25, 0.3) is 0 Å². The number of hydrogen-bond donors (Lipinski definition) is 0. The molecule has 0 unspecified atom stereocenters. The minimum Gasteiger partial charge on any atom is -0.468 e. The summed E-state index contributed by atoms with van der Waals surface area (Å²) in [7, 11) is 2.36. The standard InChI is InChI=1S/C18H24N2O4S/c1-14(2)7-8-15(3,4)18(14)17(10-20,13(22)24-6)16(9-19,11-25-18)12(21)23-5/h7-8,11H2,1-6H3/t16-,17-/m1/s1. The number of carbonyl (C=O) groups is 2. The van der Waals surface area contributed by atoms with Gasteiger partial charge in [0, 0.05) is 5.75 Å². The zero-order valence-electron chi connectivity index (χ0n) is 15.6. The molecule has 0 aromatic rings. The van der Waals surface area contributed by atoms with Gasteiger partial charge in [0.25, 0.3) is 0 Å². The molecular weight excluding hydrogens is 340 g/mol. The van der Waals surface area contributed by atoms with Crippen LogP contribution in [0.1, 0.15) is 40.5 Å². The van der Waals surface area contributed by atoms with Crippen molar-refractivity contribution >= 4 is 23.7 Å². The fourth-order valence-corrected chi connectivity index (χ4v) is 7.61. The molecule has 136 valence electrons. The highest BCUT2D eigenvalue weighted by Crippen LogP contribution is 2.77. The Morgan fingerprint density at radius 3 is 1.76 bits per heavy atom. The topological polar surface area (TPSA) is 100 Å². The lowest BCUT2D eigenvalue weighted by Gasteiger charge is -2.53. The maximum Gasteiger partial charge on any atom is 0.330 e. The van der Waals surface area contributed by atoms with Gasteiger partial charge in [0.15, 0.2) is 10.8 Å². The first-order valence-electron chi connectivity index (χ1n) is 8.13. The van der Waals surface area contributed by atoms with Gasteiger partial charge in [0.05, 0.1) is 31.1 Å². The molecule has 2 fully saturated rings. The van der Waals surface area contributed by atoms with Gasteiger partial charge in [0.1, 0.15) is 0 Å². The molecular formula is C18H24N2O4S. The quantitative estimate of drug-likeness (QED) is 0.694. The first kappa shape index (κ1) is 19.6. The molecule has 2 rings (SSSR count). The van der Waals surface area contributed by atoms with Crippen LogP contribution in [-0.4, -0.2) is 36.7 Å². The first-order valence-corrected chi connectivity index (χ1v) is 9.12. The Hall–Kier alpha value is -1.73. The van der Waals surface area contributed by atoms with Crippen LogP contribution < -0.4 is 0 Å². The second-order valence-electron chi connectivity index (χ2n) is 8.10. The lowest BCUT2D eigenvalue weighted by molar-refractivity contribution is -0.172. The number of nitrogens with zero attached hydrogens (tertiary/aromatic N) is 2. The van der Waals surface area contributed by atoms with Crippen LogP contribution in [0, 0.1) is 44.3 Å². The number of carbonyl (C=O) groups excluding carboxylic acids is 2. The molecule has 2 aliphatic rings. The van der Waals surface area contributed by atoms with Crippen molar-refractivity contribution in [2.24, 2.45) is 21.7 Å². The number of nitriles is 2. The van der Waals surface area contributed by atoms with E-state index in [0.29, 0.717) is 0 Å². The average Bonchev–Trinajstić information content (AvgIpc) is 3.01. The van der Waals surface area contributed by atoms with Gasteiger partial charge < -0.3 is 9.47 Å². The zero-order chi connectivity index (χ0) is 19.3. The average molecular weight is 364 g/mol. The van der Waals surface area contributed by atoms with Gasteiger partial charge >= 0.3 is 11.9 Å². The van der Waals surface area contributed by atoms with E-state index in [4.69, 9.17) is 9.47 Å². The van der Waals surface area contributed by atoms with E-state index in [1.165, 1.54) is 26.0 Å². The molecule has 0 aromatic heterocycles. The molecule has 0 N–H and O–H groups in total. The van der Waals surface area contributed by atoms with Gasteiger partial charge in [-0.15, -0.1) is 11.8 Å². The Morgan fingerprint density at radius 2 is 1.40 bits per heavy atom. The zero-order valence-corrected chi connectivity index (χ0v) is 16.4. The van der Waals surface area contributed by atoms with E-state index in [2.05, 4.69) is 6.07 Å². The van der Waals surface area contributed by atoms with Crippen LogP contribution in [0.3, 0.4) is 0 Å². The highest BCUT2D eigenvalue weighted by atomic mass is 32.2. The fraction of sp³-hybridized carbons (Fsp3) is 0.778. The van der Waals surface area contributed by atoms with E-state index >= 15 is 0 Å². The van der Waals surface area contributed by atoms with Crippen LogP contribution in [0.15, 0.2) is 0 Å². The second-order valence-corrected chi connectivity index (χ2v) is 9.29. The summed E-state index contributed by atoms with van der Waals surface area (Å²) in [5.74, 6) is -1.68. The lowest BCUT2D eigenvalue weighted by Crippen LogP contribution is -2.66. The van der Waals surface area contributed by atoms with Crippen molar-refractivity contribution < 1.29 is 19.1 Å². The summed E-state index contributed by atoms with van der Waals surface area (Å²) < 4.78 is 8.95. The third kappa shape index (κ3) is 1.85. The van der Waals surface area contributed by atoms with Crippen molar-refractivity contribution in [1.29, 1.82) is 10.5 Å². The van der Waals surface area contributed by atoms with Crippen LogP contribution in [0.5, 0.6) is 0 Å². The highest BCUT2D eigenvalue weighted by molar-refractivity contribution is 8.01. The van der Waals surface area contributed by atoms with E-state index in [1.54, 1.807) is 0 Å². The minimum absolute atomic E-state index is 0.0195. The van der Waals surface area contributed by atoms with Crippen molar-refractivity contribution in [3.63, 3.8) is 0 Å². The minimum atomic E-state index is -1.95. The first-order chi connectivity index (χ1) is 11.5. The Morgan fingerprint density at radius 1 is 0.920 bits per heavy atom. The molecule has 6 nitrogen and oxygen atoms in total. The van der Waals surface area contributed by atoms with Crippen LogP contribution in [0.2, 0.25) is 0 Å². The Labute approximate surface area is 152 Å². The summed E-state index contributed by atoms with van der Waals surface area (Å²) in [6.45, 7) is 7.98. The van der Waals surface area contributed by atoms with Gasteiger partial charge in [0.2, 0.25) is 0 Å².